The van der Waals surface area contributed by atoms with Crippen LogP contribution in [0.1, 0.15) is 18.9 Å². The maximum Gasteiger partial charge on any atom is 0.334 e. The molecule has 1 heterocycles. The predicted molar refractivity (Wildman–Crippen MR) is 99.2 cm³/mol. The molecule has 3 rings (SSSR count). The van der Waals surface area contributed by atoms with Gasteiger partial charge in [0, 0.05) is 11.8 Å². The molecule has 1 aliphatic heterocycles. The van der Waals surface area contributed by atoms with Crippen molar-refractivity contribution in [3.63, 3.8) is 0 Å². The van der Waals surface area contributed by atoms with Crippen molar-refractivity contribution in [2.45, 2.75) is 32.4 Å². The molecule has 27 heavy (non-hydrogen) atoms. The van der Waals surface area contributed by atoms with E-state index in [4.69, 9.17) is 9.88 Å². The smallest absolute Gasteiger partial charge is 0.334 e. The molecule has 0 bridgehead atoms. The first kappa shape index (κ1) is 19.3. The topological polar surface area (TPSA) is 116 Å². The van der Waals surface area contributed by atoms with Gasteiger partial charge in [0.25, 0.3) is 5.91 Å². The second-order valence-electron chi connectivity index (χ2n) is 6.36. The summed E-state index contributed by atoms with van der Waals surface area (Å²) < 4.78 is 32.2. The average molecular weight is 392 g/mol. The molecule has 1 saturated heterocycles. The Bertz CT molecular complexity index is 1000. The van der Waals surface area contributed by atoms with Crippen LogP contribution in [0.15, 0.2) is 36.4 Å². The largest absolute Gasteiger partial charge is 0.464 e. The maximum absolute atomic E-state index is 13.1. The van der Waals surface area contributed by atoms with E-state index in [1.54, 1.807) is 0 Å². The Morgan fingerprint density at radius 2 is 2.00 bits per heavy atom. The molecular weight excluding hydrogens is 372 g/mol. The van der Waals surface area contributed by atoms with E-state index in [0.717, 1.165) is 16.3 Å². The number of amides is 1. The van der Waals surface area contributed by atoms with Crippen LogP contribution in [0.5, 0.6) is 0 Å². The average Bonchev–Trinajstić information content (AvgIpc) is 3.01. The standard InChI is InChI=1S/C18H20N2O6S/c1-11-7-8-13-5-3-4-6-14(13)16(11)20(15-9-10-25-18(15)22)17(21)12(2)26-27(19,23)24/h3-8,12,15H,9-10H2,1-2H3,(H2,19,23,24). The van der Waals surface area contributed by atoms with Crippen molar-refractivity contribution in [1.82, 2.24) is 0 Å². The van der Waals surface area contributed by atoms with Crippen molar-refractivity contribution in [3.05, 3.63) is 42.0 Å². The summed E-state index contributed by atoms with van der Waals surface area (Å²) in [6.45, 7) is 3.27. The van der Waals surface area contributed by atoms with Crippen LogP contribution in [0.2, 0.25) is 0 Å². The number of ether oxygens (including phenoxy) is 1. The lowest BCUT2D eigenvalue weighted by Gasteiger charge is -2.31. The third-order valence-electron chi connectivity index (χ3n) is 4.43. The monoisotopic (exact) mass is 392 g/mol. The van der Waals surface area contributed by atoms with Gasteiger partial charge in [-0.25, -0.2) is 14.1 Å². The van der Waals surface area contributed by atoms with Crippen molar-refractivity contribution in [1.29, 1.82) is 0 Å². The summed E-state index contributed by atoms with van der Waals surface area (Å²) in [5.74, 6) is -1.23. The molecule has 0 spiro atoms. The summed E-state index contributed by atoms with van der Waals surface area (Å²) in [6.07, 6.45) is -1.10. The lowest BCUT2D eigenvalue weighted by Crippen LogP contribution is -2.49. The van der Waals surface area contributed by atoms with Crippen LogP contribution >= 0.6 is 0 Å². The molecule has 0 aromatic heterocycles. The molecule has 1 fully saturated rings. The van der Waals surface area contributed by atoms with Gasteiger partial charge in [-0.05, 0) is 24.8 Å². The molecule has 1 aliphatic rings. The van der Waals surface area contributed by atoms with Gasteiger partial charge in [0.15, 0.2) is 6.10 Å². The number of fused-ring (bicyclic) bond motifs is 1. The van der Waals surface area contributed by atoms with Crippen molar-refractivity contribution < 1.29 is 26.9 Å². The molecule has 144 valence electrons. The second kappa shape index (κ2) is 7.26. The van der Waals surface area contributed by atoms with E-state index in [2.05, 4.69) is 4.18 Å². The summed E-state index contributed by atoms with van der Waals surface area (Å²) in [5.41, 5.74) is 1.27. The molecule has 0 radical (unpaired) electrons. The fourth-order valence-corrected chi connectivity index (χ4v) is 3.75. The van der Waals surface area contributed by atoms with Gasteiger partial charge >= 0.3 is 16.3 Å². The van der Waals surface area contributed by atoms with Crippen molar-refractivity contribution in [2.75, 3.05) is 11.5 Å². The van der Waals surface area contributed by atoms with Crippen molar-refractivity contribution >= 4 is 38.6 Å². The Labute approximate surface area is 157 Å². The number of cyclic esters (lactones) is 1. The van der Waals surface area contributed by atoms with Crippen LogP contribution in [0, 0.1) is 6.92 Å². The predicted octanol–water partition coefficient (Wildman–Crippen LogP) is 1.41. The first-order chi connectivity index (χ1) is 12.7. The van der Waals surface area contributed by atoms with Gasteiger partial charge in [-0.1, -0.05) is 36.4 Å². The van der Waals surface area contributed by atoms with E-state index >= 15 is 0 Å². The zero-order valence-corrected chi connectivity index (χ0v) is 15.7. The van der Waals surface area contributed by atoms with E-state index in [0.29, 0.717) is 12.1 Å². The molecule has 0 saturated carbocycles. The lowest BCUT2D eigenvalue weighted by molar-refractivity contribution is -0.140. The van der Waals surface area contributed by atoms with Crippen LogP contribution in [0.4, 0.5) is 5.69 Å². The second-order valence-corrected chi connectivity index (χ2v) is 7.54. The summed E-state index contributed by atoms with van der Waals surface area (Å²) in [4.78, 5) is 26.7. The van der Waals surface area contributed by atoms with E-state index in [-0.39, 0.29) is 6.61 Å². The zero-order valence-electron chi connectivity index (χ0n) is 14.9. The summed E-state index contributed by atoms with van der Waals surface area (Å²) in [5, 5.41) is 6.54. The van der Waals surface area contributed by atoms with Crippen LogP contribution in [-0.4, -0.2) is 39.0 Å². The molecule has 2 aromatic rings. The number of hydrogen-bond donors (Lipinski definition) is 1. The maximum atomic E-state index is 13.1. The van der Waals surface area contributed by atoms with Crippen molar-refractivity contribution in [2.24, 2.45) is 5.14 Å². The highest BCUT2D eigenvalue weighted by molar-refractivity contribution is 7.84. The minimum Gasteiger partial charge on any atom is -0.464 e. The lowest BCUT2D eigenvalue weighted by atomic mass is 10.0. The van der Waals surface area contributed by atoms with Gasteiger partial charge in [-0.3, -0.25) is 9.69 Å². The Morgan fingerprint density at radius 3 is 2.63 bits per heavy atom. The number of hydrogen-bond acceptors (Lipinski definition) is 6. The van der Waals surface area contributed by atoms with E-state index < -0.39 is 34.3 Å². The number of esters is 1. The normalized spacial score (nSPS) is 18.3. The Morgan fingerprint density at radius 1 is 1.30 bits per heavy atom. The number of nitrogens with zero attached hydrogens (tertiary/aromatic N) is 1. The van der Waals surface area contributed by atoms with E-state index in [9.17, 15) is 18.0 Å². The first-order valence-electron chi connectivity index (χ1n) is 8.38. The number of rotatable bonds is 5. The molecule has 8 nitrogen and oxygen atoms in total. The zero-order chi connectivity index (χ0) is 19.8. The highest BCUT2D eigenvalue weighted by Gasteiger charge is 2.40. The first-order valence-corrected chi connectivity index (χ1v) is 9.85. The minimum atomic E-state index is -4.34. The number of aryl methyl sites for hydroxylation is 1. The SMILES string of the molecule is Cc1ccc2ccccc2c1N(C(=O)C(C)OS(N)(=O)=O)C1CCOC1=O. The van der Waals surface area contributed by atoms with Gasteiger partial charge in [0.2, 0.25) is 0 Å². The molecule has 2 atom stereocenters. The number of benzene rings is 2. The van der Waals surface area contributed by atoms with E-state index in [1.807, 2.05) is 43.3 Å². The quantitative estimate of drug-likeness (QED) is 0.769. The molecule has 1 amide bonds. The molecule has 2 unspecified atom stereocenters. The van der Waals surface area contributed by atoms with Gasteiger partial charge in [-0.2, -0.15) is 8.42 Å². The number of anilines is 1. The van der Waals surface area contributed by atoms with Crippen molar-refractivity contribution in [3.8, 4) is 0 Å². The molecule has 2 N–H and O–H groups in total. The van der Waals surface area contributed by atoms with Crippen LogP contribution < -0.4 is 10.0 Å². The molecular formula is C18H20N2O6S. The number of carbonyl (C=O) groups excluding carboxylic acids is 2. The fourth-order valence-electron chi connectivity index (χ4n) is 3.26. The highest BCUT2D eigenvalue weighted by atomic mass is 32.2. The van der Waals surface area contributed by atoms with Gasteiger partial charge in [-0.15, -0.1) is 0 Å². The summed E-state index contributed by atoms with van der Waals surface area (Å²) in [6, 6.07) is 10.3. The highest BCUT2D eigenvalue weighted by Crippen LogP contribution is 2.34. The molecule has 9 heteroatoms. The summed E-state index contributed by atoms with van der Waals surface area (Å²) >= 11 is 0. The third-order valence-corrected chi connectivity index (χ3v) is 4.98. The minimum absolute atomic E-state index is 0.182. The van der Waals surface area contributed by atoms with Crippen LogP contribution in [0.25, 0.3) is 10.8 Å². The Balaban J connectivity index is 2.16. The molecule has 0 aliphatic carbocycles. The van der Waals surface area contributed by atoms with Crippen LogP contribution in [-0.2, 0) is 28.8 Å². The Kier molecular flexibility index (Phi) is 5.18. The Hall–Kier alpha value is -2.49. The fraction of sp³-hybridized carbons (Fsp3) is 0.333. The van der Waals surface area contributed by atoms with E-state index in [1.165, 1.54) is 11.8 Å². The molecule has 2 aromatic carbocycles. The van der Waals surface area contributed by atoms with Crippen LogP contribution in [0.3, 0.4) is 0 Å². The number of carbonyl (C=O) groups is 2. The van der Waals surface area contributed by atoms with Gasteiger partial charge in [0.05, 0.1) is 12.3 Å². The summed E-state index contributed by atoms with van der Waals surface area (Å²) in [7, 11) is -4.34. The third kappa shape index (κ3) is 3.95. The van der Waals surface area contributed by atoms with Gasteiger partial charge in [0.1, 0.15) is 6.04 Å². The number of nitrogens with two attached hydrogens (primary N) is 1. The van der Waals surface area contributed by atoms with Gasteiger partial charge < -0.3 is 4.74 Å².